The molecule has 0 radical (unpaired) electrons. The molecule has 232 valence electrons. The van der Waals surface area contributed by atoms with E-state index in [0.717, 1.165) is 15.8 Å². The summed E-state index contributed by atoms with van der Waals surface area (Å²) in [5.74, 6) is 0. The molecule has 0 unspecified atom stereocenters. The molecule has 3 aromatic heterocycles. The molecular weight excluding hydrogens is 605 g/mol. The number of rotatable bonds is 8. The second kappa shape index (κ2) is 11.0. The van der Waals surface area contributed by atoms with Crippen LogP contribution in [-0.4, -0.2) is 47.7 Å². The maximum absolute atomic E-state index is 14.0. The minimum Gasteiger partial charge on any atom is -0.383 e. The van der Waals surface area contributed by atoms with Crippen molar-refractivity contribution in [1.29, 1.82) is 5.26 Å². The summed E-state index contributed by atoms with van der Waals surface area (Å²) in [7, 11) is 0. The number of alkyl halides is 3. The number of hydrogen-bond acceptors (Lipinski definition) is 8. The lowest BCUT2D eigenvalue weighted by molar-refractivity contribution is -0.182. The first-order valence-electron chi connectivity index (χ1n) is 14.3. The van der Waals surface area contributed by atoms with Crippen LogP contribution in [0.4, 0.5) is 24.5 Å². The van der Waals surface area contributed by atoms with Crippen molar-refractivity contribution in [1.82, 2.24) is 35.0 Å². The van der Waals surface area contributed by atoms with Crippen LogP contribution in [0.5, 0.6) is 0 Å². The van der Waals surface area contributed by atoms with Gasteiger partial charge in [-0.05, 0) is 54.5 Å². The highest BCUT2D eigenvalue weighted by atomic mass is 35.5. The van der Waals surface area contributed by atoms with Crippen molar-refractivity contribution < 1.29 is 13.2 Å². The van der Waals surface area contributed by atoms with Crippen molar-refractivity contribution in [3.8, 4) is 11.8 Å². The van der Waals surface area contributed by atoms with Crippen LogP contribution in [0.3, 0.4) is 0 Å². The molecule has 1 aliphatic rings. The van der Waals surface area contributed by atoms with E-state index < -0.39 is 17.8 Å². The van der Waals surface area contributed by atoms with Crippen molar-refractivity contribution >= 4 is 33.9 Å². The Morgan fingerprint density at radius 2 is 1.87 bits per heavy atom. The molecule has 0 aliphatic heterocycles. The van der Waals surface area contributed by atoms with Gasteiger partial charge in [0.05, 0.1) is 52.1 Å². The average molecular weight is 635 g/mol. The zero-order valence-electron chi connectivity index (χ0n) is 25.0. The van der Waals surface area contributed by atoms with Gasteiger partial charge in [0.1, 0.15) is 11.8 Å². The highest BCUT2D eigenvalue weighted by molar-refractivity contribution is 6.35. The Balaban J connectivity index is 1.48. The first-order chi connectivity index (χ1) is 21.3. The van der Waals surface area contributed by atoms with Gasteiger partial charge < -0.3 is 10.6 Å². The molecule has 5 aromatic rings. The highest BCUT2D eigenvalue weighted by Crippen LogP contribution is 2.55. The van der Waals surface area contributed by atoms with Gasteiger partial charge in [-0.3, -0.25) is 4.98 Å². The van der Waals surface area contributed by atoms with Crippen LogP contribution in [0.2, 0.25) is 5.02 Å². The summed E-state index contributed by atoms with van der Waals surface area (Å²) in [6, 6.07) is 10.5. The van der Waals surface area contributed by atoms with Gasteiger partial charge in [0.2, 0.25) is 0 Å². The van der Waals surface area contributed by atoms with Crippen LogP contribution in [0.15, 0.2) is 55.1 Å². The first kappa shape index (κ1) is 30.3. The number of aromatic nitrogens is 7. The SMILES string of the molecule is Cc1c([C@H](Nc2cc(Cl)c3ncc(C#N)c(NCC(C)(C)C)c3c2)c2cn(C3(C(F)(F)F)CC3)nn2)cccc1-n1nccn1. The maximum atomic E-state index is 14.0. The van der Waals surface area contributed by atoms with Crippen molar-refractivity contribution in [3.05, 3.63) is 82.5 Å². The second-order valence-electron chi connectivity index (χ2n) is 12.4. The van der Waals surface area contributed by atoms with Crippen LogP contribution >= 0.6 is 11.6 Å². The lowest BCUT2D eigenvalue weighted by atomic mass is 9.96. The maximum Gasteiger partial charge on any atom is 0.413 e. The molecule has 1 saturated carbocycles. The second-order valence-corrected chi connectivity index (χ2v) is 12.8. The van der Waals surface area contributed by atoms with Gasteiger partial charge in [0.25, 0.3) is 0 Å². The fraction of sp³-hybridized carbons (Fsp3) is 0.355. The third-order valence-electron chi connectivity index (χ3n) is 7.94. The molecular formula is C31H30ClF3N10. The van der Waals surface area contributed by atoms with Crippen LogP contribution in [0.25, 0.3) is 16.6 Å². The number of hydrogen-bond donors (Lipinski definition) is 2. The predicted octanol–water partition coefficient (Wildman–Crippen LogP) is 6.95. The van der Waals surface area contributed by atoms with Crippen molar-refractivity contribution in [2.45, 2.75) is 58.3 Å². The van der Waals surface area contributed by atoms with Crippen LogP contribution in [0, 0.1) is 23.7 Å². The van der Waals surface area contributed by atoms with Crippen LogP contribution in [0.1, 0.15) is 62.0 Å². The molecule has 0 bridgehead atoms. The van der Waals surface area contributed by atoms with Gasteiger partial charge in [-0.1, -0.05) is 49.7 Å². The van der Waals surface area contributed by atoms with E-state index in [1.807, 2.05) is 31.2 Å². The van der Waals surface area contributed by atoms with Crippen LogP contribution < -0.4 is 10.6 Å². The first-order valence-corrected chi connectivity index (χ1v) is 14.7. The number of pyridine rings is 1. The molecule has 0 amide bonds. The Hall–Kier alpha value is -4.70. The topological polar surface area (TPSA) is 122 Å². The molecule has 1 atom stereocenters. The highest BCUT2D eigenvalue weighted by Gasteiger charge is 2.66. The van der Waals surface area contributed by atoms with E-state index in [0.29, 0.717) is 45.1 Å². The third kappa shape index (κ3) is 5.66. The van der Waals surface area contributed by atoms with Gasteiger partial charge in [0.15, 0.2) is 5.54 Å². The van der Waals surface area contributed by atoms with E-state index in [1.54, 1.807) is 18.5 Å². The van der Waals surface area contributed by atoms with Gasteiger partial charge in [-0.15, -0.1) is 5.10 Å². The molecule has 0 spiro atoms. The minimum atomic E-state index is -4.46. The molecule has 3 heterocycles. The number of fused-ring (bicyclic) bond motifs is 1. The molecule has 2 aromatic carbocycles. The number of nitrogens with one attached hydrogen (secondary N) is 2. The van der Waals surface area contributed by atoms with E-state index >= 15 is 0 Å². The fourth-order valence-electron chi connectivity index (χ4n) is 5.34. The molecule has 1 fully saturated rings. The quantitative estimate of drug-likeness (QED) is 0.188. The molecule has 10 nitrogen and oxygen atoms in total. The van der Waals surface area contributed by atoms with E-state index in [-0.39, 0.29) is 24.0 Å². The smallest absolute Gasteiger partial charge is 0.383 e. The van der Waals surface area contributed by atoms with Crippen molar-refractivity contribution in [3.63, 3.8) is 0 Å². The number of benzene rings is 2. The monoisotopic (exact) mass is 634 g/mol. The molecule has 0 saturated heterocycles. The third-order valence-corrected chi connectivity index (χ3v) is 8.23. The Morgan fingerprint density at radius 3 is 2.51 bits per heavy atom. The van der Waals surface area contributed by atoms with E-state index in [2.05, 4.69) is 63.0 Å². The summed E-state index contributed by atoms with van der Waals surface area (Å²) in [6.45, 7) is 8.69. The standard InChI is InChI=1S/C31H30ClF3N10/c1-18-21(6-5-7-25(18)45-39-10-11-40-45)28(24-16-44(43-42-24)30(8-9-30)31(33,34)35)41-20-12-22-26(38-17-29(2,3)4)19(14-36)15-37-27(22)23(32)13-20/h5-7,10-13,15-16,28,41H,8-9,17H2,1-4H3,(H,37,38)/t28-/m0/s1. The van der Waals surface area contributed by atoms with Gasteiger partial charge in [0, 0.05) is 23.8 Å². The zero-order valence-corrected chi connectivity index (χ0v) is 25.7. The molecule has 6 rings (SSSR count). The van der Waals surface area contributed by atoms with Gasteiger partial charge >= 0.3 is 6.18 Å². The average Bonchev–Trinajstić information content (AvgIpc) is 3.38. The summed E-state index contributed by atoms with van der Waals surface area (Å²) in [5.41, 5.74) is 2.34. The summed E-state index contributed by atoms with van der Waals surface area (Å²) in [5, 5.41) is 34.4. The summed E-state index contributed by atoms with van der Waals surface area (Å²) < 4.78 is 42.9. The number of nitriles is 1. The number of anilines is 2. The number of halogens is 4. The summed E-state index contributed by atoms with van der Waals surface area (Å²) in [4.78, 5) is 5.91. The molecule has 45 heavy (non-hydrogen) atoms. The van der Waals surface area contributed by atoms with E-state index in [9.17, 15) is 18.4 Å². The molecule has 1 aliphatic carbocycles. The predicted molar refractivity (Wildman–Crippen MR) is 164 cm³/mol. The fourth-order valence-corrected chi connectivity index (χ4v) is 5.61. The van der Waals surface area contributed by atoms with Gasteiger partial charge in [-0.25, -0.2) is 4.68 Å². The van der Waals surface area contributed by atoms with E-state index in [4.69, 9.17) is 11.6 Å². The lowest BCUT2D eigenvalue weighted by Crippen LogP contribution is -2.35. The molecule has 14 heteroatoms. The Labute approximate surface area is 262 Å². The lowest BCUT2D eigenvalue weighted by Gasteiger charge is -2.23. The Bertz CT molecular complexity index is 1920. The van der Waals surface area contributed by atoms with Crippen molar-refractivity contribution in [2.24, 2.45) is 5.41 Å². The van der Waals surface area contributed by atoms with Crippen LogP contribution in [-0.2, 0) is 5.54 Å². The Morgan fingerprint density at radius 1 is 1.13 bits per heavy atom. The van der Waals surface area contributed by atoms with E-state index in [1.165, 1.54) is 17.2 Å². The number of nitrogens with zero attached hydrogens (tertiary/aromatic N) is 8. The largest absolute Gasteiger partial charge is 0.413 e. The van der Waals surface area contributed by atoms with Gasteiger partial charge in [-0.2, -0.15) is 33.4 Å². The molecule has 2 N–H and O–H groups in total. The minimum absolute atomic E-state index is 0.0598. The summed E-state index contributed by atoms with van der Waals surface area (Å²) >= 11 is 6.75. The zero-order chi connectivity index (χ0) is 32.1. The summed E-state index contributed by atoms with van der Waals surface area (Å²) in [6.07, 6.45) is 1.38. The normalized spacial score (nSPS) is 15.1. The Kier molecular flexibility index (Phi) is 7.43. The van der Waals surface area contributed by atoms with Crippen molar-refractivity contribution in [2.75, 3.05) is 17.2 Å².